The second kappa shape index (κ2) is 9.77. The van der Waals surface area contributed by atoms with E-state index in [2.05, 4.69) is 15.5 Å². The highest BCUT2D eigenvalue weighted by Crippen LogP contribution is 2.23. The van der Waals surface area contributed by atoms with Gasteiger partial charge in [-0.05, 0) is 49.2 Å². The van der Waals surface area contributed by atoms with E-state index in [1.807, 2.05) is 67.5 Å². The molecule has 0 radical (unpaired) electrons. The maximum absolute atomic E-state index is 13.0. The van der Waals surface area contributed by atoms with Crippen LogP contribution in [0.5, 0.6) is 5.75 Å². The molecule has 172 valence electrons. The molecule has 2 aromatic carbocycles. The van der Waals surface area contributed by atoms with Gasteiger partial charge in [0.25, 0.3) is 11.8 Å². The van der Waals surface area contributed by atoms with Crippen LogP contribution in [0.4, 0.5) is 5.69 Å². The van der Waals surface area contributed by atoms with Gasteiger partial charge in [0.05, 0.1) is 12.8 Å². The molecule has 0 spiro atoms. The molecule has 0 saturated carbocycles. The smallest absolute Gasteiger partial charge is 0.271 e. The van der Waals surface area contributed by atoms with E-state index in [1.165, 1.54) is 0 Å². The van der Waals surface area contributed by atoms with E-state index in [0.29, 0.717) is 42.9 Å². The molecular weight excluding hydrogens is 418 g/mol. The number of rotatable bonds is 6. The first-order valence-electron chi connectivity index (χ1n) is 11.0. The summed E-state index contributed by atoms with van der Waals surface area (Å²) >= 11 is 0. The molecule has 8 nitrogen and oxygen atoms in total. The summed E-state index contributed by atoms with van der Waals surface area (Å²) in [7, 11) is 5.51. The van der Waals surface area contributed by atoms with Crippen molar-refractivity contribution >= 4 is 17.5 Å². The van der Waals surface area contributed by atoms with Crippen LogP contribution in [-0.2, 0) is 0 Å². The van der Waals surface area contributed by atoms with E-state index in [4.69, 9.17) is 4.74 Å². The zero-order valence-electron chi connectivity index (χ0n) is 19.2. The molecule has 0 bridgehead atoms. The maximum Gasteiger partial charge on any atom is 0.271 e. The summed E-state index contributed by atoms with van der Waals surface area (Å²) in [5, 5.41) is 10.3. The van der Waals surface area contributed by atoms with Crippen LogP contribution < -0.4 is 15.0 Å². The van der Waals surface area contributed by atoms with Gasteiger partial charge in [-0.2, -0.15) is 5.10 Å². The lowest BCUT2D eigenvalue weighted by Crippen LogP contribution is -2.46. The van der Waals surface area contributed by atoms with Crippen LogP contribution in [-0.4, -0.2) is 67.2 Å². The number of hydrogen-bond acceptors (Lipinski definition) is 5. The van der Waals surface area contributed by atoms with Crippen molar-refractivity contribution < 1.29 is 14.3 Å². The standard InChI is InChI=1S/C25H29N5O3/c1-29(2)20-8-4-7-18(14-20)24(31)26-19-10-12-30(13-11-19)25(32)23-16-22(27-28-23)17-6-5-9-21(15-17)33-3/h4-9,14-16,19H,10-13H2,1-3H3,(H,26,31)(H,27,28). The van der Waals surface area contributed by atoms with E-state index < -0.39 is 0 Å². The topological polar surface area (TPSA) is 90.6 Å². The molecule has 3 aromatic rings. The van der Waals surface area contributed by atoms with Crippen molar-refractivity contribution in [1.82, 2.24) is 20.4 Å². The number of likely N-dealkylation sites (tertiary alicyclic amines) is 1. The quantitative estimate of drug-likeness (QED) is 0.606. The molecule has 1 aliphatic heterocycles. The van der Waals surface area contributed by atoms with Gasteiger partial charge in [0.15, 0.2) is 0 Å². The fraction of sp³-hybridized carbons (Fsp3) is 0.320. The second-order valence-electron chi connectivity index (χ2n) is 8.38. The third-order valence-electron chi connectivity index (χ3n) is 5.92. The van der Waals surface area contributed by atoms with Gasteiger partial charge in [0.1, 0.15) is 11.4 Å². The van der Waals surface area contributed by atoms with Crippen LogP contribution in [0.25, 0.3) is 11.3 Å². The van der Waals surface area contributed by atoms with Gasteiger partial charge in [-0.3, -0.25) is 14.7 Å². The lowest BCUT2D eigenvalue weighted by atomic mass is 10.0. The average Bonchev–Trinajstić information content (AvgIpc) is 3.34. The zero-order chi connectivity index (χ0) is 23.4. The van der Waals surface area contributed by atoms with Gasteiger partial charge < -0.3 is 19.9 Å². The summed E-state index contributed by atoms with van der Waals surface area (Å²) in [6, 6.07) is 16.9. The van der Waals surface area contributed by atoms with E-state index in [1.54, 1.807) is 18.1 Å². The van der Waals surface area contributed by atoms with Crippen molar-refractivity contribution in [2.75, 3.05) is 39.2 Å². The Labute approximate surface area is 193 Å². The fourth-order valence-electron chi connectivity index (χ4n) is 3.95. The first kappa shape index (κ1) is 22.4. The highest BCUT2D eigenvalue weighted by atomic mass is 16.5. The van der Waals surface area contributed by atoms with Crippen molar-refractivity contribution in [2.24, 2.45) is 0 Å². The molecule has 2 heterocycles. The Kier molecular flexibility index (Phi) is 6.63. The van der Waals surface area contributed by atoms with E-state index in [-0.39, 0.29) is 17.9 Å². The lowest BCUT2D eigenvalue weighted by Gasteiger charge is -2.32. The van der Waals surface area contributed by atoms with Gasteiger partial charge in [-0.15, -0.1) is 0 Å². The molecule has 2 N–H and O–H groups in total. The Hall–Kier alpha value is -3.81. The van der Waals surface area contributed by atoms with Crippen molar-refractivity contribution in [3.63, 3.8) is 0 Å². The van der Waals surface area contributed by atoms with Gasteiger partial charge >= 0.3 is 0 Å². The summed E-state index contributed by atoms with van der Waals surface area (Å²) in [6.07, 6.45) is 1.42. The molecule has 2 amide bonds. The van der Waals surface area contributed by atoms with Gasteiger partial charge in [-0.25, -0.2) is 0 Å². The largest absolute Gasteiger partial charge is 0.497 e. The number of aromatic amines is 1. The third kappa shape index (κ3) is 5.16. The number of hydrogen-bond donors (Lipinski definition) is 2. The number of amides is 2. The number of ether oxygens (including phenoxy) is 1. The van der Waals surface area contributed by atoms with Crippen molar-refractivity contribution in [2.45, 2.75) is 18.9 Å². The maximum atomic E-state index is 13.0. The van der Waals surface area contributed by atoms with Crippen LogP contribution in [0.3, 0.4) is 0 Å². The predicted molar refractivity (Wildman–Crippen MR) is 128 cm³/mol. The molecule has 1 saturated heterocycles. The highest BCUT2D eigenvalue weighted by molar-refractivity contribution is 5.95. The molecule has 4 rings (SSSR count). The Morgan fingerprint density at radius 3 is 2.58 bits per heavy atom. The Bertz CT molecular complexity index is 1130. The van der Waals surface area contributed by atoms with Crippen LogP contribution in [0.2, 0.25) is 0 Å². The zero-order valence-corrected chi connectivity index (χ0v) is 19.2. The van der Waals surface area contributed by atoms with E-state index in [0.717, 1.165) is 17.0 Å². The first-order chi connectivity index (χ1) is 15.9. The summed E-state index contributed by atoms with van der Waals surface area (Å²) in [6.45, 7) is 1.16. The number of carbonyl (C=O) groups is 2. The molecular formula is C25H29N5O3. The SMILES string of the molecule is COc1cccc(-c2cc(C(=O)N3CCC(NC(=O)c4cccc(N(C)C)c4)CC3)[nH]n2)c1. The number of benzene rings is 2. The van der Waals surface area contributed by atoms with E-state index >= 15 is 0 Å². The summed E-state index contributed by atoms with van der Waals surface area (Å²) < 4.78 is 5.26. The lowest BCUT2D eigenvalue weighted by molar-refractivity contribution is 0.0692. The molecule has 1 fully saturated rings. The minimum atomic E-state index is -0.0834. The molecule has 8 heteroatoms. The number of H-pyrrole nitrogens is 1. The average molecular weight is 448 g/mol. The number of methoxy groups -OCH3 is 1. The van der Waals surface area contributed by atoms with Crippen LogP contribution in [0.1, 0.15) is 33.7 Å². The number of nitrogens with zero attached hydrogens (tertiary/aromatic N) is 3. The fourth-order valence-corrected chi connectivity index (χ4v) is 3.95. The number of piperidine rings is 1. The minimum Gasteiger partial charge on any atom is -0.497 e. The van der Waals surface area contributed by atoms with Crippen molar-refractivity contribution in [3.8, 4) is 17.0 Å². The Morgan fingerprint density at radius 1 is 1.09 bits per heavy atom. The van der Waals surface area contributed by atoms with E-state index in [9.17, 15) is 9.59 Å². The van der Waals surface area contributed by atoms with Crippen LogP contribution in [0, 0.1) is 0 Å². The number of aromatic nitrogens is 2. The molecule has 0 unspecified atom stereocenters. The monoisotopic (exact) mass is 447 g/mol. The first-order valence-corrected chi connectivity index (χ1v) is 11.0. The number of nitrogens with one attached hydrogen (secondary N) is 2. The second-order valence-corrected chi connectivity index (χ2v) is 8.38. The van der Waals surface area contributed by atoms with Gasteiger partial charge in [0, 0.05) is 50.0 Å². The van der Waals surface area contributed by atoms with Gasteiger partial charge in [-0.1, -0.05) is 18.2 Å². The molecule has 33 heavy (non-hydrogen) atoms. The normalized spacial score (nSPS) is 14.1. The number of carbonyl (C=O) groups excluding carboxylic acids is 2. The van der Waals surface area contributed by atoms with Gasteiger partial charge in [0.2, 0.25) is 0 Å². The van der Waals surface area contributed by atoms with Crippen molar-refractivity contribution in [1.29, 1.82) is 0 Å². The summed E-state index contributed by atoms with van der Waals surface area (Å²) in [5.74, 6) is 0.570. The molecule has 1 aliphatic rings. The summed E-state index contributed by atoms with van der Waals surface area (Å²) in [4.78, 5) is 29.4. The highest BCUT2D eigenvalue weighted by Gasteiger charge is 2.26. The molecule has 0 atom stereocenters. The minimum absolute atomic E-state index is 0.0404. The Balaban J connectivity index is 1.33. The predicted octanol–water partition coefficient (Wildman–Crippen LogP) is 3.19. The summed E-state index contributed by atoms with van der Waals surface area (Å²) in [5.41, 5.74) is 3.65. The van der Waals surface area contributed by atoms with Crippen molar-refractivity contribution in [3.05, 3.63) is 65.9 Å². The molecule has 0 aliphatic carbocycles. The molecule has 1 aromatic heterocycles. The third-order valence-corrected chi connectivity index (χ3v) is 5.92. The van der Waals surface area contributed by atoms with Crippen LogP contribution >= 0.6 is 0 Å². The van der Waals surface area contributed by atoms with Crippen LogP contribution in [0.15, 0.2) is 54.6 Å². The number of anilines is 1. The Morgan fingerprint density at radius 2 is 1.85 bits per heavy atom.